The predicted molar refractivity (Wildman–Crippen MR) is 135 cm³/mol. The Bertz CT molecular complexity index is 1300. The number of anilines is 1. The maximum Gasteiger partial charge on any atom is 0.244 e. The van der Waals surface area contributed by atoms with E-state index < -0.39 is 10.0 Å². The van der Waals surface area contributed by atoms with Crippen LogP contribution in [-0.4, -0.2) is 43.0 Å². The molecule has 172 valence electrons. The van der Waals surface area contributed by atoms with Gasteiger partial charge in [0.05, 0.1) is 10.6 Å². The van der Waals surface area contributed by atoms with Gasteiger partial charge in [-0.1, -0.05) is 30.3 Å². The maximum atomic E-state index is 13.1. The number of amides is 1. The largest absolute Gasteiger partial charge is 0.302 e. The van der Waals surface area contributed by atoms with Crippen molar-refractivity contribution < 1.29 is 13.2 Å². The molecule has 3 heterocycles. The molecule has 33 heavy (non-hydrogen) atoms. The minimum atomic E-state index is -3.58. The first kappa shape index (κ1) is 22.9. The van der Waals surface area contributed by atoms with Gasteiger partial charge < -0.3 is 5.32 Å². The maximum absolute atomic E-state index is 13.1. The molecule has 6 nitrogen and oxygen atoms in total. The number of sulfonamides is 1. The number of piperidine rings is 1. The molecule has 1 N–H and O–H groups in total. The van der Waals surface area contributed by atoms with Gasteiger partial charge >= 0.3 is 0 Å². The van der Waals surface area contributed by atoms with Crippen molar-refractivity contribution in [3.05, 3.63) is 53.4 Å². The van der Waals surface area contributed by atoms with E-state index in [0.29, 0.717) is 36.0 Å². The van der Waals surface area contributed by atoms with Crippen molar-refractivity contribution in [2.24, 2.45) is 5.92 Å². The number of thiazole rings is 1. The summed E-state index contributed by atoms with van der Waals surface area (Å²) in [5.41, 5.74) is 2.07. The molecule has 0 spiro atoms. The Morgan fingerprint density at radius 3 is 2.64 bits per heavy atom. The van der Waals surface area contributed by atoms with Crippen molar-refractivity contribution >= 4 is 55.9 Å². The van der Waals surface area contributed by atoms with Crippen LogP contribution in [0.2, 0.25) is 0 Å². The fraction of sp³-hybridized carbons (Fsp3) is 0.304. The zero-order valence-electron chi connectivity index (χ0n) is 18.0. The van der Waals surface area contributed by atoms with Gasteiger partial charge in [0.2, 0.25) is 15.9 Å². The predicted octanol–water partition coefficient (Wildman–Crippen LogP) is 5.18. The van der Waals surface area contributed by atoms with Gasteiger partial charge in [0, 0.05) is 45.0 Å². The standard InChI is InChI=1S/C23H23N3O3S4/c1-30-18-8-4-5-9-20(18)33(28,29)26-12-10-15(11-13-26)22(27)25-23-24-21-16-6-2-3-7-17(16)31-14-19(21)32-23/h2-9,15H,10-14H2,1H3,(H,24,25,27). The normalized spacial score (nSPS) is 16.8. The summed E-state index contributed by atoms with van der Waals surface area (Å²) in [5.74, 6) is 0.548. The second-order valence-electron chi connectivity index (χ2n) is 7.89. The minimum absolute atomic E-state index is 0.0800. The van der Waals surface area contributed by atoms with E-state index in [1.165, 1.54) is 37.2 Å². The molecular formula is C23H23N3O3S4. The summed E-state index contributed by atoms with van der Waals surface area (Å²) in [5, 5.41) is 3.61. The van der Waals surface area contributed by atoms with E-state index in [1.54, 1.807) is 23.9 Å². The third-order valence-corrected chi connectivity index (χ3v) is 11.1. The molecule has 0 aliphatic carbocycles. The van der Waals surface area contributed by atoms with Crippen LogP contribution in [0.25, 0.3) is 11.3 Å². The Morgan fingerprint density at radius 1 is 1.12 bits per heavy atom. The quantitative estimate of drug-likeness (QED) is 0.470. The Labute approximate surface area is 206 Å². The fourth-order valence-corrected chi connectivity index (χ4v) is 8.88. The van der Waals surface area contributed by atoms with Crippen molar-refractivity contribution in [2.75, 3.05) is 24.7 Å². The number of carbonyl (C=O) groups is 1. The second-order valence-corrected chi connectivity index (χ2v) is 12.7. The van der Waals surface area contributed by atoms with Crippen LogP contribution in [0.4, 0.5) is 5.13 Å². The van der Waals surface area contributed by atoms with Gasteiger partial charge in [-0.25, -0.2) is 13.4 Å². The number of nitrogens with one attached hydrogen (secondary N) is 1. The van der Waals surface area contributed by atoms with Gasteiger partial charge in [0.1, 0.15) is 0 Å². The monoisotopic (exact) mass is 517 g/mol. The molecule has 0 bridgehead atoms. The highest BCUT2D eigenvalue weighted by Crippen LogP contribution is 2.44. The highest BCUT2D eigenvalue weighted by atomic mass is 32.2. The van der Waals surface area contributed by atoms with Crippen LogP contribution in [0.1, 0.15) is 17.7 Å². The first-order chi connectivity index (χ1) is 16.0. The molecule has 0 unspecified atom stereocenters. The van der Waals surface area contributed by atoms with Crippen LogP contribution in [-0.2, 0) is 20.6 Å². The van der Waals surface area contributed by atoms with Crippen molar-refractivity contribution in [1.82, 2.24) is 9.29 Å². The van der Waals surface area contributed by atoms with E-state index in [4.69, 9.17) is 4.98 Å². The molecule has 1 aromatic heterocycles. The summed E-state index contributed by atoms with van der Waals surface area (Å²) in [7, 11) is -3.58. The molecule has 2 aliphatic heterocycles. The van der Waals surface area contributed by atoms with Crippen LogP contribution in [0.15, 0.2) is 63.2 Å². The van der Waals surface area contributed by atoms with Crippen molar-refractivity contribution in [3.63, 3.8) is 0 Å². The summed E-state index contributed by atoms with van der Waals surface area (Å²) in [6.07, 6.45) is 2.87. The number of nitrogens with zero attached hydrogens (tertiary/aromatic N) is 2. The van der Waals surface area contributed by atoms with E-state index in [1.807, 2.05) is 30.5 Å². The Morgan fingerprint density at radius 2 is 1.85 bits per heavy atom. The molecule has 2 aromatic carbocycles. The first-order valence-corrected chi connectivity index (χ1v) is 15.1. The molecule has 0 atom stereocenters. The number of fused-ring (bicyclic) bond motifs is 3. The Hall–Kier alpha value is -1.85. The van der Waals surface area contributed by atoms with E-state index in [-0.39, 0.29) is 11.8 Å². The molecular weight excluding hydrogens is 495 g/mol. The lowest BCUT2D eigenvalue weighted by Gasteiger charge is -2.30. The number of benzene rings is 2. The molecule has 0 saturated carbocycles. The summed E-state index contributed by atoms with van der Waals surface area (Å²) in [6.45, 7) is 0.670. The third-order valence-electron chi connectivity index (χ3n) is 5.94. The van der Waals surface area contributed by atoms with Gasteiger partial charge in [-0.05, 0) is 37.3 Å². The van der Waals surface area contributed by atoms with Crippen LogP contribution in [0.3, 0.4) is 0 Å². The van der Waals surface area contributed by atoms with Crippen molar-refractivity contribution in [2.45, 2.75) is 33.3 Å². The summed E-state index contributed by atoms with van der Waals surface area (Å²) < 4.78 is 27.8. The summed E-state index contributed by atoms with van der Waals surface area (Å²) >= 11 is 4.74. The second kappa shape index (κ2) is 9.42. The summed E-state index contributed by atoms with van der Waals surface area (Å²) in [6, 6.07) is 15.3. The number of hydrogen-bond acceptors (Lipinski definition) is 7. The topological polar surface area (TPSA) is 79.4 Å². The molecule has 3 aromatic rings. The van der Waals surface area contributed by atoms with Crippen LogP contribution in [0, 0.1) is 5.92 Å². The Kier molecular flexibility index (Phi) is 6.54. The van der Waals surface area contributed by atoms with E-state index in [0.717, 1.165) is 21.9 Å². The smallest absolute Gasteiger partial charge is 0.244 e. The highest BCUT2D eigenvalue weighted by molar-refractivity contribution is 7.99. The number of aromatic nitrogens is 1. The SMILES string of the molecule is CSc1ccccc1S(=O)(=O)N1CCC(C(=O)Nc2nc3c(s2)CSc2ccccc2-3)CC1. The third kappa shape index (κ3) is 4.46. The molecule has 5 rings (SSSR count). The van der Waals surface area contributed by atoms with Gasteiger partial charge in [-0.2, -0.15) is 4.31 Å². The molecule has 1 amide bonds. The molecule has 10 heteroatoms. The highest BCUT2D eigenvalue weighted by Gasteiger charge is 2.33. The minimum Gasteiger partial charge on any atom is -0.302 e. The van der Waals surface area contributed by atoms with Gasteiger partial charge in [0.15, 0.2) is 5.13 Å². The van der Waals surface area contributed by atoms with Crippen LogP contribution >= 0.6 is 34.9 Å². The molecule has 2 aliphatic rings. The van der Waals surface area contributed by atoms with Crippen molar-refractivity contribution in [3.8, 4) is 11.3 Å². The van der Waals surface area contributed by atoms with Crippen molar-refractivity contribution in [1.29, 1.82) is 0 Å². The number of hydrogen-bond donors (Lipinski definition) is 1. The van der Waals surface area contributed by atoms with Crippen LogP contribution in [0.5, 0.6) is 0 Å². The first-order valence-electron chi connectivity index (χ1n) is 10.6. The average molecular weight is 518 g/mol. The fourth-order valence-electron chi connectivity index (χ4n) is 4.18. The van der Waals surface area contributed by atoms with Gasteiger partial charge in [-0.15, -0.1) is 34.9 Å². The lowest BCUT2D eigenvalue weighted by molar-refractivity contribution is -0.120. The number of thioether (sulfide) groups is 2. The Balaban J connectivity index is 1.25. The van der Waals surface area contributed by atoms with E-state index >= 15 is 0 Å². The summed E-state index contributed by atoms with van der Waals surface area (Å²) in [4.78, 5) is 21.1. The average Bonchev–Trinajstić information content (AvgIpc) is 3.27. The van der Waals surface area contributed by atoms with E-state index in [2.05, 4.69) is 17.4 Å². The van der Waals surface area contributed by atoms with Gasteiger partial charge in [-0.3, -0.25) is 4.79 Å². The number of rotatable bonds is 5. The lowest BCUT2D eigenvalue weighted by atomic mass is 9.97. The number of carbonyl (C=O) groups excluding carboxylic acids is 1. The molecule has 1 saturated heterocycles. The zero-order valence-corrected chi connectivity index (χ0v) is 21.2. The van der Waals surface area contributed by atoms with Gasteiger partial charge in [0.25, 0.3) is 0 Å². The molecule has 1 fully saturated rings. The van der Waals surface area contributed by atoms with Crippen LogP contribution < -0.4 is 5.32 Å². The lowest BCUT2D eigenvalue weighted by Crippen LogP contribution is -2.41. The zero-order chi connectivity index (χ0) is 23.0. The molecule has 0 radical (unpaired) electrons. The van der Waals surface area contributed by atoms with E-state index in [9.17, 15) is 13.2 Å².